The maximum Gasteiger partial charge on any atom is 0.262 e. The molecular weight excluding hydrogens is 304 g/mol. The van der Waals surface area contributed by atoms with Crippen LogP contribution in [0.1, 0.15) is 40.1 Å². The van der Waals surface area contributed by atoms with E-state index in [1.54, 1.807) is 37.3 Å². The van der Waals surface area contributed by atoms with Gasteiger partial charge in [0, 0.05) is 5.69 Å². The number of carbonyl (C=O) groups is 3. The number of carbonyl (C=O) groups excluding carboxylic acids is 3. The number of nitrogens with zero attached hydrogens (tertiary/aromatic N) is 1. The van der Waals surface area contributed by atoms with Gasteiger partial charge in [0.05, 0.1) is 11.1 Å². The summed E-state index contributed by atoms with van der Waals surface area (Å²) < 4.78 is 0. The van der Waals surface area contributed by atoms with Crippen LogP contribution in [0.25, 0.3) is 0 Å². The molecule has 0 bridgehead atoms. The van der Waals surface area contributed by atoms with Gasteiger partial charge in [-0.25, -0.2) is 0 Å². The van der Waals surface area contributed by atoms with E-state index in [2.05, 4.69) is 5.32 Å². The highest BCUT2D eigenvalue weighted by molar-refractivity contribution is 6.23. The number of anilines is 1. The van der Waals surface area contributed by atoms with Gasteiger partial charge >= 0.3 is 0 Å². The van der Waals surface area contributed by atoms with Crippen LogP contribution in [0.4, 0.5) is 5.69 Å². The quantitative estimate of drug-likeness (QED) is 0.880. The van der Waals surface area contributed by atoms with Crippen molar-refractivity contribution in [2.45, 2.75) is 26.3 Å². The number of rotatable bonds is 4. The first-order valence-electron chi connectivity index (χ1n) is 7.89. The Hall–Kier alpha value is -2.95. The van der Waals surface area contributed by atoms with Gasteiger partial charge in [0.15, 0.2) is 0 Å². The Balaban J connectivity index is 1.79. The molecule has 2 aromatic carbocycles. The number of fused-ring (bicyclic) bond motifs is 1. The maximum absolute atomic E-state index is 12.5. The normalized spacial score (nSPS) is 14.5. The Bertz CT molecular complexity index is 794. The molecule has 3 rings (SSSR count). The molecule has 122 valence electrons. The van der Waals surface area contributed by atoms with Crippen molar-refractivity contribution in [3.63, 3.8) is 0 Å². The van der Waals surface area contributed by atoms with E-state index in [-0.39, 0.29) is 0 Å². The predicted octanol–water partition coefficient (Wildman–Crippen LogP) is 2.87. The van der Waals surface area contributed by atoms with Crippen molar-refractivity contribution >= 4 is 23.4 Å². The molecule has 0 fully saturated rings. The Kier molecular flexibility index (Phi) is 4.16. The van der Waals surface area contributed by atoms with Crippen LogP contribution in [0, 0.1) is 0 Å². The molecule has 0 saturated carbocycles. The van der Waals surface area contributed by atoms with Gasteiger partial charge in [-0.3, -0.25) is 19.3 Å². The monoisotopic (exact) mass is 322 g/mol. The second kappa shape index (κ2) is 6.28. The summed E-state index contributed by atoms with van der Waals surface area (Å²) in [6, 6.07) is 13.2. The molecule has 1 aliphatic rings. The second-order valence-corrected chi connectivity index (χ2v) is 5.75. The molecule has 1 N–H and O–H groups in total. The zero-order valence-electron chi connectivity index (χ0n) is 13.6. The van der Waals surface area contributed by atoms with Crippen LogP contribution in [0.2, 0.25) is 0 Å². The van der Waals surface area contributed by atoms with E-state index in [1.807, 2.05) is 25.1 Å². The van der Waals surface area contributed by atoms with E-state index in [0.717, 1.165) is 16.9 Å². The van der Waals surface area contributed by atoms with E-state index in [0.29, 0.717) is 16.8 Å². The molecule has 1 heterocycles. The highest BCUT2D eigenvalue weighted by Gasteiger charge is 2.40. The van der Waals surface area contributed by atoms with Crippen LogP contribution in [-0.2, 0) is 11.2 Å². The lowest BCUT2D eigenvalue weighted by molar-refractivity contribution is -0.119. The summed E-state index contributed by atoms with van der Waals surface area (Å²) >= 11 is 0. The van der Waals surface area contributed by atoms with E-state index >= 15 is 0 Å². The number of benzene rings is 2. The van der Waals surface area contributed by atoms with Gasteiger partial charge in [0.2, 0.25) is 5.91 Å². The van der Waals surface area contributed by atoms with Gasteiger partial charge in [0.25, 0.3) is 11.8 Å². The average Bonchev–Trinajstić information content (AvgIpc) is 2.86. The summed E-state index contributed by atoms with van der Waals surface area (Å²) in [6.07, 6.45) is 0.859. The molecule has 5 nitrogen and oxygen atoms in total. The van der Waals surface area contributed by atoms with Crippen molar-refractivity contribution in [1.82, 2.24) is 4.90 Å². The van der Waals surface area contributed by atoms with Gasteiger partial charge in [-0.2, -0.15) is 0 Å². The van der Waals surface area contributed by atoms with Crippen molar-refractivity contribution in [2.24, 2.45) is 0 Å². The minimum absolute atomic E-state index is 0.343. The Morgan fingerprint density at radius 1 is 1.04 bits per heavy atom. The standard InChI is InChI=1S/C19H18N2O3/c1-3-13-7-6-8-14(11-13)20-17(22)12(2)21-18(23)15-9-4-5-10-16(15)19(21)24/h4-12H,3H2,1-2H3,(H,20,22)/t12-/m1/s1. The number of nitrogens with one attached hydrogen (secondary N) is 1. The summed E-state index contributed by atoms with van der Waals surface area (Å²) in [7, 11) is 0. The van der Waals surface area contributed by atoms with Crippen molar-refractivity contribution in [2.75, 3.05) is 5.32 Å². The van der Waals surface area contributed by atoms with E-state index in [1.165, 1.54) is 0 Å². The van der Waals surface area contributed by atoms with E-state index in [4.69, 9.17) is 0 Å². The fraction of sp³-hybridized carbons (Fsp3) is 0.211. The summed E-state index contributed by atoms with van der Waals surface area (Å²) in [4.78, 5) is 38.4. The molecule has 0 saturated heterocycles. The minimum Gasteiger partial charge on any atom is -0.324 e. The van der Waals surface area contributed by atoms with Crippen molar-refractivity contribution in [1.29, 1.82) is 0 Å². The molecule has 1 atom stereocenters. The first kappa shape index (κ1) is 15.9. The Morgan fingerprint density at radius 2 is 1.67 bits per heavy atom. The first-order chi connectivity index (χ1) is 11.5. The van der Waals surface area contributed by atoms with Crippen LogP contribution < -0.4 is 5.32 Å². The lowest BCUT2D eigenvalue weighted by Gasteiger charge is -2.21. The van der Waals surface area contributed by atoms with Crippen molar-refractivity contribution in [3.8, 4) is 0 Å². The fourth-order valence-electron chi connectivity index (χ4n) is 2.79. The number of aryl methyl sites for hydroxylation is 1. The molecule has 5 heteroatoms. The third kappa shape index (κ3) is 2.69. The molecule has 0 radical (unpaired) electrons. The van der Waals surface area contributed by atoms with Crippen LogP contribution in [0.5, 0.6) is 0 Å². The van der Waals surface area contributed by atoms with Crippen molar-refractivity contribution in [3.05, 3.63) is 65.2 Å². The largest absolute Gasteiger partial charge is 0.324 e. The molecule has 0 aromatic heterocycles. The first-order valence-corrected chi connectivity index (χ1v) is 7.89. The minimum atomic E-state index is -0.886. The maximum atomic E-state index is 12.5. The number of hydrogen-bond donors (Lipinski definition) is 1. The van der Waals surface area contributed by atoms with Gasteiger partial charge in [0.1, 0.15) is 6.04 Å². The van der Waals surface area contributed by atoms with Crippen LogP contribution >= 0.6 is 0 Å². The molecule has 0 unspecified atom stereocenters. The highest BCUT2D eigenvalue weighted by Crippen LogP contribution is 2.25. The van der Waals surface area contributed by atoms with Gasteiger partial charge in [-0.1, -0.05) is 31.2 Å². The van der Waals surface area contributed by atoms with E-state index in [9.17, 15) is 14.4 Å². The molecule has 1 aliphatic heterocycles. The van der Waals surface area contributed by atoms with Gasteiger partial charge < -0.3 is 5.32 Å². The molecule has 0 aliphatic carbocycles. The van der Waals surface area contributed by atoms with Crippen LogP contribution in [0.3, 0.4) is 0 Å². The summed E-state index contributed by atoms with van der Waals surface area (Å²) in [5.41, 5.74) is 2.44. The van der Waals surface area contributed by atoms with Crippen molar-refractivity contribution < 1.29 is 14.4 Å². The smallest absolute Gasteiger partial charge is 0.262 e. The third-order valence-electron chi connectivity index (χ3n) is 4.19. The molecule has 24 heavy (non-hydrogen) atoms. The summed E-state index contributed by atoms with van der Waals surface area (Å²) in [5.74, 6) is -1.25. The predicted molar refractivity (Wildman–Crippen MR) is 90.9 cm³/mol. The average molecular weight is 322 g/mol. The Labute approximate surface area is 140 Å². The van der Waals surface area contributed by atoms with Gasteiger partial charge in [-0.15, -0.1) is 0 Å². The zero-order valence-corrected chi connectivity index (χ0v) is 13.6. The molecule has 0 spiro atoms. The number of imide groups is 1. The van der Waals surface area contributed by atoms with Gasteiger partial charge in [-0.05, 0) is 43.2 Å². The fourth-order valence-corrected chi connectivity index (χ4v) is 2.79. The topological polar surface area (TPSA) is 66.5 Å². The third-order valence-corrected chi connectivity index (χ3v) is 4.19. The molecule has 2 aromatic rings. The van der Waals surface area contributed by atoms with Crippen LogP contribution in [0.15, 0.2) is 48.5 Å². The summed E-state index contributed by atoms with van der Waals surface area (Å²) in [5, 5.41) is 2.78. The molecular formula is C19H18N2O3. The molecule has 3 amide bonds. The highest BCUT2D eigenvalue weighted by atomic mass is 16.2. The van der Waals surface area contributed by atoms with E-state index < -0.39 is 23.8 Å². The second-order valence-electron chi connectivity index (χ2n) is 5.75. The lowest BCUT2D eigenvalue weighted by atomic mass is 10.1. The number of hydrogen-bond acceptors (Lipinski definition) is 3. The Morgan fingerprint density at radius 3 is 2.25 bits per heavy atom. The zero-order chi connectivity index (χ0) is 17.3. The number of amides is 3. The summed E-state index contributed by atoms with van der Waals surface area (Å²) in [6.45, 7) is 3.59. The SMILES string of the molecule is CCc1cccc(NC(=O)[C@@H](C)N2C(=O)c3ccccc3C2=O)c1. The van der Waals surface area contributed by atoms with Crippen LogP contribution in [-0.4, -0.2) is 28.7 Å². The lowest BCUT2D eigenvalue weighted by Crippen LogP contribution is -2.45.